The first-order chi connectivity index (χ1) is 8.27. The van der Waals surface area contributed by atoms with Gasteiger partial charge in [-0.15, -0.1) is 0 Å². The molecule has 1 aromatic carbocycles. The van der Waals surface area contributed by atoms with Gasteiger partial charge >= 0.3 is 0 Å². The number of primary amides is 1. The summed E-state index contributed by atoms with van der Waals surface area (Å²) >= 11 is 0. The van der Waals surface area contributed by atoms with Gasteiger partial charge in [0, 0.05) is 5.69 Å². The number of ether oxygens (including phenoxy) is 1. The van der Waals surface area contributed by atoms with Crippen LogP contribution in [0.1, 0.15) is 24.2 Å². The van der Waals surface area contributed by atoms with Crippen LogP contribution in [0.15, 0.2) is 18.2 Å². The molecule has 0 aliphatic heterocycles. The maximum absolute atomic E-state index is 12.0. The van der Waals surface area contributed by atoms with E-state index in [4.69, 9.17) is 16.2 Å². The number of anilines is 1. The van der Waals surface area contributed by atoms with Gasteiger partial charge in [-0.25, -0.2) is 0 Å². The summed E-state index contributed by atoms with van der Waals surface area (Å²) in [5, 5.41) is 2.52. The summed E-state index contributed by atoms with van der Waals surface area (Å²) in [6.07, 6.45) is 0. The first-order valence-corrected chi connectivity index (χ1v) is 5.34. The van der Waals surface area contributed by atoms with Crippen LogP contribution in [0.3, 0.4) is 0 Å². The molecule has 2 amide bonds. The third-order valence-electron chi connectivity index (χ3n) is 2.55. The number of hydrogen-bond acceptors (Lipinski definition) is 4. The molecule has 0 unspecified atom stereocenters. The van der Waals surface area contributed by atoms with Crippen molar-refractivity contribution in [3.63, 3.8) is 0 Å². The first kappa shape index (κ1) is 13.8. The quantitative estimate of drug-likeness (QED) is 0.667. The lowest BCUT2D eigenvalue weighted by molar-refractivity contribution is -0.122. The fourth-order valence-electron chi connectivity index (χ4n) is 1.27. The predicted molar refractivity (Wildman–Crippen MR) is 68.1 cm³/mol. The van der Waals surface area contributed by atoms with Crippen molar-refractivity contribution in [3.8, 4) is 5.75 Å². The molecule has 6 nitrogen and oxygen atoms in total. The van der Waals surface area contributed by atoms with Crippen LogP contribution >= 0.6 is 0 Å². The van der Waals surface area contributed by atoms with Gasteiger partial charge in [0.1, 0.15) is 11.3 Å². The Morgan fingerprint density at radius 3 is 2.44 bits per heavy atom. The second-order valence-corrected chi connectivity index (χ2v) is 4.40. The summed E-state index contributed by atoms with van der Waals surface area (Å²) in [7, 11) is 1.49. The molecule has 0 spiro atoms. The van der Waals surface area contributed by atoms with Crippen LogP contribution in [0, 0.1) is 0 Å². The predicted octanol–water partition coefficient (Wildman–Crippen LogP) is 0.271. The van der Waals surface area contributed by atoms with Gasteiger partial charge in [0.25, 0.3) is 5.91 Å². The molecule has 0 aromatic heterocycles. The highest BCUT2D eigenvalue weighted by Crippen LogP contribution is 2.20. The van der Waals surface area contributed by atoms with Crippen molar-refractivity contribution in [1.29, 1.82) is 0 Å². The van der Waals surface area contributed by atoms with Crippen LogP contribution < -0.4 is 21.5 Å². The molecule has 0 atom stereocenters. The lowest BCUT2D eigenvalue weighted by atomic mass is 10.0. The zero-order valence-electron chi connectivity index (χ0n) is 10.6. The molecule has 6 heteroatoms. The van der Waals surface area contributed by atoms with E-state index in [0.717, 1.165) is 0 Å². The van der Waals surface area contributed by atoms with Crippen molar-refractivity contribution in [2.24, 2.45) is 5.73 Å². The Bertz CT molecular complexity index is 483. The summed E-state index contributed by atoms with van der Waals surface area (Å²) in [5.41, 5.74) is 10.3. The first-order valence-electron chi connectivity index (χ1n) is 5.34. The number of methoxy groups -OCH3 is 1. The summed E-state index contributed by atoms with van der Waals surface area (Å²) in [6, 6.07) is 4.71. The molecule has 0 saturated carbocycles. The van der Waals surface area contributed by atoms with Crippen LogP contribution in [0.4, 0.5) is 5.69 Å². The lowest BCUT2D eigenvalue weighted by Crippen LogP contribution is -2.53. The summed E-state index contributed by atoms with van der Waals surface area (Å²) < 4.78 is 5.01. The van der Waals surface area contributed by atoms with E-state index in [1.165, 1.54) is 27.0 Å². The van der Waals surface area contributed by atoms with Crippen molar-refractivity contribution in [1.82, 2.24) is 5.32 Å². The molecule has 1 rings (SSSR count). The van der Waals surface area contributed by atoms with Crippen molar-refractivity contribution in [2.75, 3.05) is 12.8 Å². The average molecular weight is 251 g/mol. The van der Waals surface area contributed by atoms with Gasteiger partial charge < -0.3 is 21.5 Å². The van der Waals surface area contributed by atoms with E-state index in [-0.39, 0.29) is 5.56 Å². The second-order valence-electron chi connectivity index (χ2n) is 4.40. The number of amides is 2. The molecule has 0 aliphatic carbocycles. The smallest absolute Gasteiger partial charge is 0.254 e. The highest BCUT2D eigenvalue weighted by atomic mass is 16.5. The number of nitrogens with one attached hydrogen (secondary N) is 1. The van der Waals surface area contributed by atoms with Crippen molar-refractivity contribution >= 4 is 17.5 Å². The summed E-state index contributed by atoms with van der Waals surface area (Å²) in [4.78, 5) is 23.1. The number of rotatable bonds is 4. The molecule has 98 valence electrons. The molecule has 1 aromatic rings. The van der Waals surface area contributed by atoms with Crippen LogP contribution in [0.25, 0.3) is 0 Å². The Morgan fingerprint density at radius 2 is 1.94 bits per heavy atom. The maximum Gasteiger partial charge on any atom is 0.254 e. The molecule has 5 N–H and O–H groups in total. The number of nitrogen functional groups attached to an aromatic ring is 1. The minimum Gasteiger partial charge on any atom is -0.497 e. The number of benzene rings is 1. The Labute approximate surface area is 105 Å². The third kappa shape index (κ3) is 2.91. The largest absolute Gasteiger partial charge is 0.497 e. The molecule has 18 heavy (non-hydrogen) atoms. The second kappa shape index (κ2) is 4.95. The van der Waals surface area contributed by atoms with E-state index in [1.807, 2.05) is 0 Å². The standard InChI is InChI=1S/C12H17N3O3/c1-12(2,11(14)17)15-10(16)8-6-7(18-3)4-5-9(8)13/h4-6H,13H2,1-3H3,(H2,14,17)(H,15,16). The maximum atomic E-state index is 12.0. The molecule has 0 radical (unpaired) electrons. The minimum atomic E-state index is -1.15. The highest BCUT2D eigenvalue weighted by molar-refractivity contribution is 6.02. The van der Waals surface area contributed by atoms with E-state index in [9.17, 15) is 9.59 Å². The molecule has 0 aliphatic rings. The molecule has 0 bridgehead atoms. The zero-order valence-corrected chi connectivity index (χ0v) is 10.6. The molecular weight excluding hydrogens is 234 g/mol. The fourth-order valence-corrected chi connectivity index (χ4v) is 1.27. The van der Waals surface area contributed by atoms with Gasteiger partial charge in [0.2, 0.25) is 5.91 Å². The lowest BCUT2D eigenvalue weighted by Gasteiger charge is -2.22. The summed E-state index contributed by atoms with van der Waals surface area (Å²) in [6.45, 7) is 3.03. The molecular formula is C12H17N3O3. The molecule has 0 saturated heterocycles. The van der Waals surface area contributed by atoms with E-state index < -0.39 is 17.4 Å². The van der Waals surface area contributed by atoms with Crippen LogP contribution in [-0.4, -0.2) is 24.5 Å². The van der Waals surface area contributed by atoms with Crippen molar-refractivity contribution < 1.29 is 14.3 Å². The van der Waals surface area contributed by atoms with E-state index in [2.05, 4.69) is 5.32 Å². The topological polar surface area (TPSA) is 107 Å². The molecule has 0 fully saturated rings. The zero-order chi connectivity index (χ0) is 13.9. The van der Waals surface area contributed by atoms with E-state index in [0.29, 0.717) is 11.4 Å². The number of carbonyl (C=O) groups excluding carboxylic acids is 2. The normalized spacial score (nSPS) is 10.8. The van der Waals surface area contributed by atoms with Gasteiger partial charge in [0.05, 0.1) is 12.7 Å². The SMILES string of the molecule is COc1ccc(N)c(C(=O)NC(C)(C)C(N)=O)c1. The van der Waals surface area contributed by atoms with Gasteiger partial charge in [-0.3, -0.25) is 9.59 Å². The fraction of sp³-hybridized carbons (Fsp3) is 0.333. The van der Waals surface area contributed by atoms with Crippen LogP contribution in [0.5, 0.6) is 5.75 Å². The van der Waals surface area contributed by atoms with E-state index >= 15 is 0 Å². The Balaban J connectivity index is 3.01. The van der Waals surface area contributed by atoms with Gasteiger partial charge in [-0.2, -0.15) is 0 Å². The summed E-state index contributed by atoms with van der Waals surface area (Å²) in [5.74, 6) is -0.598. The van der Waals surface area contributed by atoms with Gasteiger partial charge in [0.15, 0.2) is 0 Å². The Hall–Kier alpha value is -2.24. The van der Waals surface area contributed by atoms with Crippen molar-refractivity contribution in [2.45, 2.75) is 19.4 Å². The van der Waals surface area contributed by atoms with Crippen LogP contribution in [0.2, 0.25) is 0 Å². The number of carbonyl (C=O) groups is 2. The van der Waals surface area contributed by atoms with Gasteiger partial charge in [-0.05, 0) is 32.0 Å². The minimum absolute atomic E-state index is 0.240. The Morgan fingerprint density at radius 1 is 1.33 bits per heavy atom. The number of hydrogen-bond donors (Lipinski definition) is 3. The van der Waals surface area contributed by atoms with Crippen molar-refractivity contribution in [3.05, 3.63) is 23.8 Å². The highest BCUT2D eigenvalue weighted by Gasteiger charge is 2.28. The number of nitrogens with two attached hydrogens (primary N) is 2. The van der Waals surface area contributed by atoms with Crippen LogP contribution in [-0.2, 0) is 4.79 Å². The van der Waals surface area contributed by atoms with Gasteiger partial charge in [-0.1, -0.05) is 0 Å². The average Bonchev–Trinajstić information content (AvgIpc) is 2.28. The molecule has 0 heterocycles. The van der Waals surface area contributed by atoms with E-state index in [1.54, 1.807) is 12.1 Å². The third-order valence-corrected chi connectivity index (χ3v) is 2.55. The monoisotopic (exact) mass is 251 g/mol. The Kier molecular flexibility index (Phi) is 3.80.